The van der Waals surface area contributed by atoms with Crippen molar-refractivity contribution < 1.29 is 14.4 Å². The van der Waals surface area contributed by atoms with E-state index in [1.54, 1.807) is 0 Å². The summed E-state index contributed by atoms with van der Waals surface area (Å²) in [4.78, 5) is 35.0. The third kappa shape index (κ3) is 2.40. The van der Waals surface area contributed by atoms with E-state index in [1.165, 1.54) is 0 Å². The summed E-state index contributed by atoms with van der Waals surface area (Å²) in [6.07, 6.45) is 1.52. The van der Waals surface area contributed by atoms with Gasteiger partial charge < -0.3 is 0 Å². The summed E-state index contributed by atoms with van der Waals surface area (Å²) in [6, 6.07) is -0.779. The number of nitrogens with one attached hydrogen (secondary N) is 2. The third-order valence-corrected chi connectivity index (χ3v) is 5.06. The standard InChI is InChI=1S/C11H16BrClN2O3/c1-3-4-6(2)11(7(12)5-13)8(16)14-10(18)15-9(11)17/h6-7H,3-5H2,1-2H3,(H2,14,15,16,17,18). The van der Waals surface area contributed by atoms with Crippen LogP contribution in [0.2, 0.25) is 0 Å². The lowest BCUT2D eigenvalue weighted by atomic mass is 9.69. The summed E-state index contributed by atoms with van der Waals surface area (Å²) in [5.41, 5.74) is -1.34. The maximum absolute atomic E-state index is 12.2. The van der Waals surface area contributed by atoms with Crippen LogP contribution in [0.4, 0.5) is 4.79 Å². The van der Waals surface area contributed by atoms with Gasteiger partial charge in [0.25, 0.3) is 0 Å². The van der Waals surface area contributed by atoms with E-state index < -0.39 is 28.1 Å². The minimum atomic E-state index is -1.34. The SMILES string of the molecule is CCCC(C)C1(C(Br)CCl)C(=O)NC(=O)NC1=O. The van der Waals surface area contributed by atoms with Crippen molar-refractivity contribution in [2.75, 3.05) is 5.88 Å². The van der Waals surface area contributed by atoms with E-state index >= 15 is 0 Å². The normalized spacial score (nSPS) is 22.1. The van der Waals surface area contributed by atoms with Crippen molar-refractivity contribution in [1.82, 2.24) is 10.6 Å². The van der Waals surface area contributed by atoms with Gasteiger partial charge in [-0.15, -0.1) is 11.6 Å². The monoisotopic (exact) mass is 338 g/mol. The molecule has 1 aliphatic heterocycles. The second-order valence-electron chi connectivity index (χ2n) is 4.42. The molecule has 4 amide bonds. The number of urea groups is 1. The van der Waals surface area contributed by atoms with Crippen LogP contribution < -0.4 is 10.6 Å². The Bertz CT molecular complexity index is 355. The van der Waals surface area contributed by atoms with Gasteiger partial charge in [0, 0.05) is 5.88 Å². The summed E-state index contributed by atoms with van der Waals surface area (Å²) in [5.74, 6) is -1.29. The van der Waals surface area contributed by atoms with Crippen molar-refractivity contribution in [2.24, 2.45) is 11.3 Å². The fourth-order valence-corrected chi connectivity index (χ4v) is 3.48. The summed E-state index contributed by atoms with van der Waals surface area (Å²) < 4.78 is 0. The van der Waals surface area contributed by atoms with E-state index in [1.807, 2.05) is 13.8 Å². The molecule has 1 aliphatic rings. The molecule has 0 aromatic carbocycles. The van der Waals surface area contributed by atoms with Crippen molar-refractivity contribution >= 4 is 45.4 Å². The molecule has 0 aromatic heterocycles. The van der Waals surface area contributed by atoms with Gasteiger partial charge >= 0.3 is 6.03 Å². The van der Waals surface area contributed by atoms with Crippen LogP contribution in [0.3, 0.4) is 0 Å². The van der Waals surface area contributed by atoms with Gasteiger partial charge in [-0.2, -0.15) is 0 Å². The molecule has 0 aromatic rings. The lowest BCUT2D eigenvalue weighted by Crippen LogP contribution is -2.68. The lowest BCUT2D eigenvalue weighted by molar-refractivity contribution is -0.147. The quantitative estimate of drug-likeness (QED) is 0.592. The number of carbonyl (C=O) groups is 3. The van der Waals surface area contributed by atoms with E-state index in [9.17, 15) is 14.4 Å². The zero-order valence-corrected chi connectivity index (χ0v) is 12.6. The first kappa shape index (κ1) is 15.4. The topological polar surface area (TPSA) is 75.3 Å². The Hall–Kier alpha value is -0.620. The molecule has 1 saturated heterocycles. The number of imide groups is 2. The van der Waals surface area contributed by atoms with Crippen LogP contribution in [0.5, 0.6) is 0 Å². The molecule has 7 heteroatoms. The fourth-order valence-electron chi connectivity index (χ4n) is 2.37. The average molecular weight is 340 g/mol. The number of hydrogen-bond donors (Lipinski definition) is 2. The molecule has 1 fully saturated rings. The molecule has 0 spiro atoms. The third-order valence-electron chi connectivity index (χ3n) is 3.33. The highest BCUT2D eigenvalue weighted by Crippen LogP contribution is 2.41. The van der Waals surface area contributed by atoms with Crippen molar-refractivity contribution in [2.45, 2.75) is 31.5 Å². The van der Waals surface area contributed by atoms with Gasteiger partial charge in [-0.1, -0.05) is 36.2 Å². The first-order chi connectivity index (χ1) is 8.41. The molecule has 0 aliphatic carbocycles. The fraction of sp³-hybridized carbons (Fsp3) is 0.727. The molecule has 1 heterocycles. The van der Waals surface area contributed by atoms with Gasteiger partial charge in [0.1, 0.15) is 5.41 Å². The van der Waals surface area contributed by atoms with Gasteiger partial charge in [-0.05, 0) is 12.3 Å². The van der Waals surface area contributed by atoms with E-state index in [4.69, 9.17) is 11.6 Å². The van der Waals surface area contributed by atoms with E-state index in [-0.39, 0.29) is 11.8 Å². The van der Waals surface area contributed by atoms with Crippen LogP contribution in [0.1, 0.15) is 26.7 Å². The Morgan fingerprint density at radius 1 is 1.28 bits per heavy atom. The van der Waals surface area contributed by atoms with Crippen molar-refractivity contribution in [3.05, 3.63) is 0 Å². The number of amides is 4. The molecule has 0 radical (unpaired) electrons. The van der Waals surface area contributed by atoms with Crippen molar-refractivity contribution in [1.29, 1.82) is 0 Å². The smallest absolute Gasteiger partial charge is 0.277 e. The molecule has 2 atom stereocenters. The van der Waals surface area contributed by atoms with E-state index in [0.29, 0.717) is 6.42 Å². The molecule has 18 heavy (non-hydrogen) atoms. The van der Waals surface area contributed by atoms with Gasteiger partial charge in [0.05, 0.1) is 4.83 Å². The highest BCUT2D eigenvalue weighted by atomic mass is 79.9. The molecule has 2 N–H and O–H groups in total. The van der Waals surface area contributed by atoms with E-state index in [0.717, 1.165) is 6.42 Å². The molecule has 2 unspecified atom stereocenters. The molecular formula is C11H16BrClN2O3. The minimum absolute atomic E-state index is 0.100. The average Bonchev–Trinajstić information content (AvgIpc) is 2.28. The predicted octanol–water partition coefficient (Wildman–Crippen LogP) is 1.78. The number of halogens is 2. The maximum Gasteiger partial charge on any atom is 0.328 e. The Morgan fingerprint density at radius 3 is 2.17 bits per heavy atom. The van der Waals surface area contributed by atoms with Gasteiger partial charge in [0.15, 0.2) is 0 Å². The number of alkyl halides is 2. The van der Waals surface area contributed by atoms with Gasteiger partial charge in [-0.3, -0.25) is 20.2 Å². The van der Waals surface area contributed by atoms with Crippen LogP contribution in [-0.2, 0) is 9.59 Å². The van der Waals surface area contributed by atoms with Crippen LogP contribution in [0.15, 0.2) is 0 Å². The highest BCUT2D eigenvalue weighted by Gasteiger charge is 2.57. The number of rotatable bonds is 5. The number of barbiturate groups is 1. The van der Waals surface area contributed by atoms with Crippen LogP contribution in [-0.4, -0.2) is 28.6 Å². The number of hydrogen-bond acceptors (Lipinski definition) is 3. The maximum atomic E-state index is 12.2. The van der Waals surface area contributed by atoms with Crippen molar-refractivity contribution in [3.63, 3.8) is 0 Å². The van der Waals surface area contributed by atoms with Crippen molar-refractivity contribution in [3.8, 4) is 0 Å². The summed E-state index contributed by atoms with van der Waals surface area (Å²) >= 11 is 9.10. The molecule has 1 rings (SSSR count). The summed E-state index contributed by atoms with van der Waals surface area (Å²) in [5, 5.41) is 4.31. The zero-order valence-electron chi connectivity index (χ0n) is 10.3. The van der Waals surface area contributed by atoms with Gasteiger partial charge in [0.2, 0.25) is 11.8 Å². The van der Waals surface area contributed by atoms with Crippen LogP contribution in [0.25, 0.3) is 0 Å². The first-order valence-electron chi connectivity index (χ1n) is 5.78. The predicted molar refractivity (Wildman–Crippen MR) is 71.6 cm³/mol. The summed E-state index contributed by atoms with van der Waals surface area (Å²) in [7, 11) is 0. The van der Waals surface area contributed by atoms with Crippen LogP contribution in [0, 0.1) is 11.3 Å². The lowest BCUT2D eigenvalue weighted by Gasteiger charge is -2.41. The second kappa shape index (κ2) is 6.02. The molecule has 5 nitrogen and oxygen atoms in total. The molecule has 0 bridgehead atoms. The summed E-state index contributed by atoms with van der Waals surface area (Å²) in [6.45, 7) is 3.79. The minimum Gasteiger partial charge on any atom is -0.277 e. The van der Waals surface area contributed by atoms with Crippen LogP contribution >= 0.6 is 27.5 Å². The second-order valence-corrected chi connectivity index (χ2v) is 5.83. The Labute approximate surface area is 119 Å². The molecule has 102 valence electrons. The Kier molecular flexibility index (Phi) is 5.16. The largest absolute Gasteiger partial charge is 0.328 e. The zero-order chi connectivity index (χ0) is 13.9. The Morgan fingerprint density at radius 2 is 1.78 bits per heavy atom. The van der Waals surface area contributed by atoms with Gasteiger partial charge in [-0.25, -0.2) is 4.79 Å². The Balaban J connectivity index is 3.22. The molecule has 0 saturated carbocycles. The first-order valence-corrected chi connectivity index (χ1v) is 7.23. The molecular weight excluding hydrogens is 323 g/mol. The number of carbonyl (C=O) groups excluding carboxylic acids is 3. The highest BCUT2D eigenvalue weighted by molar-refractivity contribution is 9.09. The van der Waals surface area contributed by atoms with E-state index in [2.05, 4.69) is 26.6 Å².